The third-order valence-electron chi connectivity index (χ3n) is 6.05. The molecular formula is C29H30N2O4. The molecule has 0 spiro atoms. The molecule has 6 nitrogen and oxygen atoms in total. The van der Waals surface area contributed by atoms with Gasteiger partial charge in [-0.25, -0.2) is 0 Å². The number of hydrogen-bond donors (Lipinski definition) is 1. The number of aliphatic hydroxyl groups is 1. The van der Waals surface area contributed by atoms with E-state index >= 15 is 0 Å². The Morgan fingerprint density at radius 2 is 1.69 bits per heavy atom. The fourth-order valence-corrected chi connectivity index (χ4v) is 4.23. The van der Waals surface area contributed by atoms with Crippen LogP contribution in [0.5, 0.6) is 5.75 Å². The fraction of sp³-hybridized carbons (Fsp3) is 0.241. The van der Waals surface area contributed by atoms with Crippen molar-refractivity contribution in [2.24, 2.45) is 0 Å². The predicted octanol–water partition coefficient (Wildman–Crippen LogP) is 5.48. The van der Waals surface area contributed by atoms with E-state index in [0.717, 1.165) is 23.2 Å². The van der Waals surface area contributed by atoms with Crippen LogP contribution in [0.25, 0.3) is 5.76 Å². The maximum absolute atomic E-state index is 13.3. The number of hydrogen-bond acceptors (Lipinski definition) is 5. The Bertz CT molecular complexity index is 1260. The lowest BCUT2D eigenvalue weighted by Crippen LogP contribution is -2.29. The molecule has 1 N–H and O–H groups in total. The first-order chi connectivity index (χ1) is 16.8. The van der Waals surface area contributed by atoms with Gasteiger partial charge in [0.1, 0.15) is 11.5 Å². The average Bonchev–Trinajstić information content (AvgIpc) is 3.13. The third kappa shape index (κ3) is 4.78. The van der Waals surface area contributed by atoms with Crippen LogP contribution in [0.1, 0.15) is 36.1 Å². The topological polar surface area (TPSA) is 70.1 Å². The highest BCUT2D eigenvalue weighted by Gasteiger charge is 2.47. The summed E-state index contributed by atoms with van der Waals surface area (Å²) in [7, 11) is 3.89. The number of rotatable bonds is 7. The van der Waals surface area contributed by atoms with Gasteiger partial charge in [-0.3, -0.25) is 14.5 Å². The lowest BCUT2D eigenvalue weighted by molar-refractivity contribution is -0.132. The van der Waals surface area contributed by atoms with Crippen LogP contribution in [-0.2, 0) is 9.59 Å². The minimum atomic E-state index is -0.760. The van der Waals surface area contributed by atoms with Gasteiger partial charge in [-0.15, -0.1) is 0 Å². The molecule has 0 bridgehead atoms. The van der Waals surface area contributed by atoms with Crippen LogP contribution in [0.3, 0.4) is 0 Å². The van der Waals surface area contributed by atoms with E-state index in [9.17, 15) is 14.7 Å². The van der Waals surface area contributed by atoms with E-state index < -0.39 is 17.7 Å². The standard InChI is InChI=1S/C29H30N2O4/c1-5-17-35-24-15-11-21(12-16-24)27(32)25-26(20-9-13-22(14-10-20)30(3)4)31(29(34)28(25)33)23-8-6-7-19(2)18-23/h6-16,18,26,32H,5,17H2,1-4H3/b27-25+. The zero-order valence-electron chi connectivity index (χ0n) is 20.5. The summed E-state index contributed by atoms with van der Waals surface area (Å²) < 4.78 is 5.63. The molecule has 1 heterocycles. The number of aryl methyl sites for hydroxylation is 1. The van der Waals surface area contributed by atoms with Gasteiger partial charge in [-0.2, -0.15) is 0 Å². The van der Waals surface area contributed by atoms with Gasteiger partial charge in [0.2, 0.25) is 0 Å². The second-order valence-corrected chi connectivity index (χ2v) is 8.87. The quantitative estimate of drug-likeness (QED) is 0.281. The first kappa shape index (κ1) is 24.1. The maximum Gasteiger partial charge on any atom is 0.300 e. The molecule has 0 saturated carbocycles. The molecule has 1 saturated heterocycles. The first-order valence-electron chi connectivity index (χ1n) is 11.7. The van der Waals surface area contributed by atoms with E-state index in [-0.39, 0.29) is 11.3 Å². The summed E-state index contributed by atoms with van der Waals surface area (Å²) in [5, 5.41) is 11.3. The van der Waals surface area contributed by atoms with E-state index in [1.807, 2.05) is 75.3 Å². The molecule has 1 aliphatic rings. The summed E-state index contributed by atoms with van der Waals surface area (Å²) in [4.78, 5) is 30.1. The van der Waals surface area contributed by atoms with Crippen molar-refractivity contribution < 1.29 is 19.4 Å². The Labute approximate surface area is 206 Å². The summed E-state index contributed by atoms with van der Waals surface area (Å²) in [6, 6.07) is 21.3. The number of ether oxygens (including phenoxy) is 1. The van der Waals surface area contributed by atoms with Crippen molar-refractivity contribution in [3.05, 3.63) is 95.1 Å². The Balaban J connectivity index is 1.85. The van der Waals surface area contributed by atoms with Gasteiger partial charge in [0.15, 0.2) is 0 Å². The number of Topliss-reactive ketones (excluding diaryl/α,β-unsaturated/α-hetero) is 1. The minimum Gasteiger partial charge on any atom is -0.507 e. The summed E-state index contributed by atoms with van der Waals surface area (Å²) >= 11 is 0. The number of ketones is 1. The number of aliphatic hydroxyl groups excluding tert-OH is 1. The summed E-state index contributed by atoms with van der Waals surface area (Å²) in [5.41, 5.74) is 3.82. The highest BCUT2D eigenvalue weighted by Crippen LogP contribution is 2.42. The molecule has 1 atom stereocenters. The first-order valence-corrected chi connectivity index (χ1v) is 11.7. The van der Waals surface area contributed by atoms with Crippen molar-refractivity contribution >= 4 is 28.8 Å². The van der Waals surface area contributed by atoms with Crippen molar-refractivity contribution in [1.29, 1.82) is 0 Å². The van der Waals surface area contributed by atoms with Crippen LogP contribution in [0.2, 0.25) is 0 Å². The Morgan fingerprint density at radius 3 is 2.29 bits per heavy atom. The van der Waals surface area contributed by atoms with Crippen molar-refractivity contribution in [2.45, 2.75) is 26.3 Å². The monoisotopic (exact) mass is 470 g/mol. The van der Waals surface area contributed by atoms with Crippen molar-refractivity contribution in [3.8, 4) is 5.75 Å². The van der Waals surface area contributed by atoms with Gasteiger partial charge in [0, 0.05) is 31.0 Å². The van der Waals surface area contributed by atoms with Gasteiger partial charge in [0.05, 0.1) is 18.2 Å². The highest BCUT2D eigenvalue weighted by atomic mass is 16.5. The molecule has 4 rings (SSSR count). The average molecular weight is 471 g/mol. The normalized spacial score (nSPS) is 17.0. The molecule has 0 aliphatic carbocycles. The van der Waals surface area contributed by atoms with E-state index in [1.54, 1.807) is 30.3 Å². The summed E-state index contributed by atoms with van der Waals surface area (Å²) in [6.07, 6.45) is 0.886. The smallest absolute Gasteiger partial charge is 0.300 e. The fourth-order valence-electron chi connectivity index (χ4n) is 4.23. The largest absolute Gasteiger partial charge is 0.507 e. The molecule has 3 aromatic rings. The number of amides is 1. The molecule has 6 heteroatoms. The second kappa shape index (κ2) is 10.1. The number of nitrogens with zero attached hydrogens (tertiary/aromatic N) is 2. The van der Waals surface area contributed by atoms with Crippen molar-refractivity contribution in [1.82, 2.24) is 0 Å². The zero-order valence-corrected chi connectivity index (χ0v) is 20.5. The van der Waals surface area contributed by atoms with Crippen LogP contribution >= 0.6 is 0 Å². The Kier molecular flexibility index (Phi) is 6.92. The lowest BCUT2D eigenvalue weighted by Gasteiger charge is -2.26. The van der Waals surface area contributed by atoms with Crippen LogP contribution in [-0.4, -0.2) is 37.5 Å². The maximum atomic E-state index is 13.3. The number of carbonyl (C=O) groups excluding carboxylic acids is 2. The van der Waals surface area contributed by atoms with E-state index in [1.165, 1.54) is 4.90 Å². The van der Waals surface area contributed by atoms with Gasteiger partial charge in [-0.1, -0.05) is 31.2 Å². The van der Waals surface area contributed by atoms with E-state index in [0.29, 0.717) is 23.6 Å². The lowest BCUT2D eigenvalue weighted by atomic mass is 9.94. The SMILES string of the molecule is CCCOc1ccc(/C(O)=C2\C(=O)C(=O)N(c3cccc(C)c3)C2c2ccc(N(C)C)cc2)cc1. The third-order valence-corrected chi connectivity index (χ3v) is 6.05. The number of anilines is 2. The Morgan fingerprint density at radius 1 is 1.00 bits per heavy atom. The van der Waals surface area contributed by atoms with Gasteiger partial charge in [-0.05, 0) is 73.0 Å². The molecule has 0 aromatic heterocycles. The van der Waals surface area contributed by atoms with Gasteiger partial charge in [0.25, 0.3) is 11.7 Å². The van der Waals surface area contributed by atoms with Gasteiger partial charge >= 0.3 is 0 Å². The van der Waals surface area contributed by atoms with Crippen LogP contribution in [0.4, 0.5) is 11.4 Å². The molecular weight excluding hydrogens is 440 g/mol. The molecule has 35 heavy (non-hydrogen) atoms. The van der Waals surface area contributed by atoms with E-state index in [2.05, 4.69) is 0 Å². The molecule has 1 aliphatic heterocycles. The summed E-state index contributed by atoms with van der Waals surface area (Å²) in [5.74, 6) is -0.902. The van der Waals surface area contributed by atoms with Gasteiger partial charge < -0.3 is 14.7 Å². The minimum absolute atomic E-state index is 0.0661. The van der Waals surface area contributed by atoms with Crippen molar-refractivity contribution in [3.63, 3.8) is 0 Å². The van der Waals surface area contributed by atoms with Crippen LogP contribution in [0.15, 0.2) is 78.4 Å². The Hall–Kier alpha value is -4.06. The zero-order chi connectivity index (χ0) is 25.1. The number of benzene rings is 3. The predicted molar refractivity (Wildman–Crippen MR) is 139 cm³/mol. The van der Waals surface area contributed by atoms with Crippen molar-refractivity contribution in [2.75, 3.05) is 30.5 Å². The highest BCUT2D eigenvalue weighted by molar-refractivity contribution is 6.51. The molecule has 0 radical (unpaired) electrons. The molecule has 1 amide bonds. The molecule has 1 fully saturated rings. The van der Waals surface area contributed by atoms with Crippen LogP contribution in [0, 0.1) is 6.92 Å². The number of carbonyl (C=O) groups is 2. The summed E-state index contributed by atoms with van der Waals surface area (Å²) in [6.45, 7) is 4.55. The van der Waals surface area contributed by atoms with Crippen LogP contribution < -0.4 is 14.5 Å². The molecule has 180 valence electrons. The second-order valence-electron chi connectivity index (χ2n) is 8.87. The molecule has 3 aromatic carbocycles. The van der Waals surface area contributed by atoms with E-state index in [4.69, 9.17) is 4.74 Å². The molecule has 1 unspecified atom stereocenters.